The summed E-state index contributed by atoms with van der Waals surface area (Å²) in [6.07, 6.45) is 0. The average molecular weight is 329 g/mol. The summed E-state index contributed by atoms with van der Waals surface area (Å²) in [6.45, 7) is 2.67. The molecule has 0 amide bonds. The fraction of sp³-hybridized carbons (Fsp3) is 0.143. The lowest BCUT2D eigenvalue weighted by Crippen LogP contribution is -2.14. The van der Waals surface area contributed by atoms with Gasteiger partial charge in [-0.05, 0) is 43.3 Å². The van der Waals surface area contributed by atoms with Gasteiger partial charge in [0, 0.05) is 12.2 Å². The lowest BCUT2D eigenvalue weighted by molar-refractivity contribution is 0.598. The zero-order valence-corrected chi connectivity index (χ0v) is 12.8. The molecule has 0 aliphatic rings. The molecule has 0 radical (unpaired) electrons. The summed E-state index contributed by atoms with van der Waals surface area (Å²) < 4.78 is 40.2. The monoisotopic (exact) mass is 328 g/mol. The smallest absolute Gasteiger partial charge is 0.262 e. The van der Waals surface area contributed by atoms with E-state index in [-0.39, 0.29) is 15.6 Å². The molecule has 0 atom stereocenters. The highest BCUT2D eigenvalue weighted by molar-refractivity contribution is 7.92. The molecule has 2 aromatic carbocycles. The van der Waals surface area contributed by atoms with Crippen LogP contribution in [0, 0.1) is 5.82 Å². The predicted octanol–water partition coefficient (Wildman–Crippen LogP) is 3.71. The van der Waals surface area contributed by atoms with E-state index in [2.05, 4.69) is 10.0 Å². The lowest BCUT2D eigenvalue weighted by atomic mass is 10.3. The Morgan fingerprint density at radius 2 is 1.81 bits per heavy atom. The van der Waals surface area contributed by atoms with E-state index in [4.69, 9.17) is 11.6 Å². The summed E-state index contributed by atoms with van der Waals surface area (Å²) in [4.78, 5) is 0.0310. The van der Waals surface area contributed by atoms with Crippen molar-refractivity contribution in [1.82, 2.24) is 0 Å². The summed E-state index contributed by atoms with van der Waals surface area (Å²) in [5, 5.41) is 3.06. The Balaban J connectivity index is 2.30. The number of halogens is 2. The van der Waals surface area contributed by atoms with Crippen LogP contribution in [0.3, 0.4) is 0 Å². The van der Waals surface area contributed by atoms with Gasteiger partial charge in [-0.15, -0.1) is 0 Å². The SMILES string of the molecule is CCNc1ccc(S(=O)(=O)Nc2c(F)cccc2Cl)cc1. The van der Waals surface area contributed by atoms with Gasteiger partial charge in [0.1, 0.15) is 11.5 Å². The third-order valence-electron chi connectivity index (χ3n) is 2.74. The van der Waals surface area contributed by atoms with Crippen molar-refractivity contribution in [2.75, 3.05) is 16.6 Å². The first kappa shape index (κ1) is 15.6. The van der Waals surface area contributed by atoms with Gasteiger partial charge in [0.2, 0.25) is 0 Å². The van der Waals surface area contributed by atoms with Crippen molar-refractivity contribution < 1.29 is 12.8 Å². The molecule has 21 heavy (non-hydrogen) atoms. The summed E-state index contributed by atoms with van der Waals surface area (Å²) >= 11 is 5.81. The number of para-hydroxylation sites is 1. The van der Waals surface area contributed by atoms with E-state index < -0.39 is 15.8 Å². The van der Waals surface area contributed by atoms with Gasteiger partial charge in [0.05, 0.1) is 9.92 Å². The molecule has 0 aromatic heterocycles. The molecule has 0 spiro atoms. The Hall–Kier alpha value is -1.79. The van der Waals surface area contributed by atoms with Gasteiger partial charge in [0.25, 0.3) is 10.0 Å². The van der Waals surface area contributed by atoms with Gasteiger partial charge in [-0.1, -0.05) is 17.7 Å². The molecule has 112 valence electrons. The fourth-order valence-corrected chi connectivity index (χ4v) is 3.10. The Morgan fingerprint density at radius 3 is 2.38 bits per heavy atom. The van der Waals surface area contributed by atoms with Crippen molar-refractivity contribution in [3.8, 4) is 0 Å². The zero-order valence-electron chi connectivity index (χ0n) is 11.2. The number of benzene rings is 2. The maximum atomic E-state index is 13.6. The van der Waals surface area contributed by atoms with Gasteiger partial charge < -0.3 is 5.32 Å². The standard InChI is InChI=1S/C14H14ClFN2O2S/c1-2-17-10-6-8-11(9-7-10)21(19,20)18-14-12(15)4-3-5-13(14)16/h3-9,17-18H,2H2,1H3. The minimum Gasteiger partial charge on any atom is -0.385 e. The Morgan fingerprint density at radius 1 is 1.14 bits per heavy atom. The van der Waals surface area contributed by atoms with Crippen molar-refractivity contribution in [1.29, 1.82) is 0 Å². The lowest BCUT2D eigenvalue weighted by Gasteiger charge is -2.11. The Kier molecular flexibility index (Phi) is 4.69. The first-order valence-electron chi connectivity index (χ1n) is 6.25. The summed E-state index contributed by atoms with van der Waals surface area (Å²) in [5.74, 6) is -0.727. The summed E-state index contributed by atoms with van der Waals surface area (Å²) in [6, 6.07) is 10.1. The van der Waals surface area contributed by atoms with E-state index in [9.17, 15) is 12.8 Å². The molecule has 4 nitrogen and oxygen atoms in total. The molecule has 0 unspecified atom stereocenters. The molecule has 0 aliphatic heterocycles. The van der Waals surface area contributed by atoms with Gasteiger partial charge in [0.15, 0.2) is 0 Å². The molecule has 0 saturated carbocycles. The van der Waals surface area contributed by atoms with Crippen LogP contribution in [0.25, 0.3) is 0 Å². The molecule has 0 fully saturated rings. The number of anilines is 2. The average Bonchev–Trinajstić information content (AvgIpc) is 2.44. The first-order chi connectivity index (χ1) is 9.94. The van der Waals surface area contributed by atoms with Crippen molar-refractivity contribution >= 4 is 33.0 Å². The number of hydrogen-bond acceptors (Lipinski definition) is 3. The summed E-state index contributed by atoms with van der Waals surface area (Å²) in [5.41, 5.74) is 0.551. The number of sulfonamides is 1. The Bertz CT molecular complexity index is 713. The van der Waals surface area contributed by atoms with E-state index in [1.54, 1.807) is 12.1 Å². The molecule has 2 N–H and O–H groups in total. The van der Waals surface area contributed by atoms with Gasteiger partial charge in [-0.3, -0.25) is 4.72 Å². The van der Waals surface area contributed by atoms with Crippen LogP contribution >= 0.6 is 11.6 Å². The zero-order chi connectivity index (χ0) is 15.5. The highest BCUT2D eigenvalue weighted by Crippen LogP contribution is 2.27. The number of hydrogen-bond donors (Lipinski definition) is 2. The number of rotatable bonds is 5. The van der Waals surface area contributed by atoms with Crippen LogP contribution in [-0.2, 0) is 10.0 Å². The van der Waals surface area contributed by atoms with E-state index in [0.717, 1.165) is 18.3 Å². The minimum atomic E-state index is -3.89. The number of nitrogens with one attached hydrogen (secondary N) is 2. The van der Waals surface area contributed by atoms with Crippen LogP contribution in [0.5, 0.6) is 0 Å². The second-order valence-corrected chi connectivity index (χ2v) is 6.35. The second kappa shape index (κ2) is 6.32. The van der Waals surface area contributed by atoms with E-state index >= 15 is 0 Å². The van der Waals surface area contributed by atoms with Crippen LogP contribution in [0.2, 0.25) is 5.02 Å². The van der Waals surface area contributed by atoms with Crippen LogP contribution in [-0.4, -0.2) is 15.0 Å². The minimum absolute atomic E-state index is 0.00263. The highest BCUT2D eigenvalue weighted by Gasteiger charge is 2.18. The van der Waals surface area contributed by atoms with Crippen LogP contribution < -0.4 is 10.0 Å². The van der Waals surface area contributed by atoms with Crippen molar-refractivity contribution in [2.45, 2.75) is 11.8 Å². The van der Waals surface area contributed by atoms with Gasteiger partial charge in [-0.2, -0.15) is 0 Å². The summed E-state index contributed by atoms with van der Waals surface area (Å²) in [7, 11) is -3.89. The highest BCUT2D eigenvalue weighted by atomic mass is 35.5. The van der Waals surface area contributed by atoms with Crippen molar-refractivity contribution in [3.63, 3.8) is 0 Å². The van der Waals surface area contributed by atoms with Crippen LogP contribution in [0.15, 0.2) is 47.4 Å². The molecule has 0 bridgehead atoms. The molecular formula is C14H14ClFN2O2S. The molecule has 7 heteroatoms. The van der Waals surface area contributed by atoms with Gasteiger partial charge >= 0.3 is 0 Å². The third-order valence-corrected chi connectivity index (χ3v) is 4.43. The topological polar surface area (TPSA) is 58.2 Å². The van der Waals surface area contributed by atoms with Gasteiger partial charge in [-0.25, -0.2) is 12.8 Å². The third kappa shape index (κ3) is 3.65. The predicted molar refractivity (Wildman–Crippen MR) is 82.8 cm³/mol. The Labute approximate surface area is 128 Å². The first-order valence-corrected chi connectivity index (χ1v) is 8.11. The van der Waals surface area contributed by atoms with Crippen molar-refractivity contribution in [2.24, 2.45) is 0 Å². The van der Waals surface area contributed by atoms with E-state index in [0.29, 0.717) is 0 Å². The van der Waals surface area contributed by atoms with Crippen LogP contribution in [0.4, 0.5) is 15.8 Å². The van der Waals surface area contributed by atoms with E-state index in [1.165, 1.54) is 24.3 Å². The van der Waals surface area contributed by atoms with Crippen LogP contribution in [0.1, 0.15) is 6.92 Å². The maximum Gasteiger partial charge on any atom is 0.262 e. The van der Waals surface area contributed by atoms with E-state index in [1.807, 2.05) is 6.92 Å². The maximum absolute atomic E-state index is 13.6. The molecular weight excluding hydrogens is 315 g/mol. The largest absolute Gasteiger partial charge is 0.385 e. The molecule has 0 heterocycles. The second-order valence-electron chi connectivity index (χ2n) is 4.26. The van der Waals surface area contributed by atoms with Crippen molar-refractivity contribution in [3.05, 3.63) is 53.3 Å². The molecule has 0 saturated heterocycles. The molecule has 2 aromatic rings. The fourth-order valence-electron chi connectivity index (χ4n) is 1.74. The molecule has 0 aliphatic carbocycles. The molecule has 2 rings (SSSR count). The quantitative estimate of drug-likeness (QED) is 0.879. The normalized spacial score (nSPS) is 11.2.